The number of hydrogen-bond acceptors (Lipinski definition) is 3. The van der Waals surface area contributed by atoms with E-state index in [0.29, 0.717) is 6.04 Å². The summed E-state index contributed by atoms with van der Waals surface area (Å²) >= 11 is 0. The molecule has 0 aromatic rings. The SMILES string of the molecule is CC(C)N1CCC(CCC2(O)CCN(C)CC2)CC1. The molecule has 2 saturated heterocycles. The number of piperidine rings is 2. The molecular weight excluding hydrogens is 236 g/mol. The smallest absolute Gasteiger partial charge is 0.0672 e. The Morgan fingerprint density at radius 1 is 1.11 bits per heavy atom. The van der Waals surface area contributed by atoms with Crippen LogP contribution in [0, 0.1) is 5.92 Å². The molecule has 0 bridgehead atoms. The highest BCUT2D eigenvalue weighted by Crippen LogP contribution is 2.31. The van der Waals surface area contributed by atoms with Gasteiger partial charge in [0.1, 0.15) is 0 Å². The highest BCUT2D eigenvalue weighted by Gasteiger charge is 2.32. The normalized spacial score (nSPS) is 27.0. The van der Waals surface area contributed by atoms with Crippen LogP contribution in [-0.2, 0) is 0 Å². The molecule has 112 valence electrons. The molecule has 2 fully saturated rings. The molecule has 19 heavy (non-hydrogen) atoms. The average molecular weight is 268 g/mol. The molecule has 0 saturated carbocycles. The summed E-state index contributed by atoms with van der Waals surface area (Å²) in [6.07, 6.45) is 6.84. The Labute approximate surface area is 119 Å². The van der Waals surface area contributed by atoms with Gasteiger partial charge in [-0.15, -0.1) is 0 Å². The lowest BCUT2D eigenvalue weighted by Crippen LogP contribution is -2.43. The van der Waals surface area contributed by atoms with Gasteiger partial charge in [-0.25, -0.2) is 0 Å². The van der Waals surface area contributed by atoms with Crippen molar-refractivity contribution in [3.05, 3.63) is 0 Å². The maximum Gasteiger partial charge on any atom is 0.0672 e. The number of likely N-dealkylation sites (tertiary alicyclic amines) is 2. The molecule has 2 rings (SSSR count). The van der Waals surface area contributed by atoms with E-state index < -0.39 is 0 Å². The monoisotopic (exact) mass is 268 g/mol. The zero-order chi connectivity index (χ0) is 13.9. The van der Waals surface area contributed by atoms with Crippen LogP contribution in [0.2, 0.25) is 0 Å². The first kappa shape index (κ1) is 15.3. The highest BCUT2D eigenvalue weighted by molar-refractivity contribution is 4.86. The Bertz CT molecular complexity index is 264. The van der Waals surface area contributed by atoms with Crippen molar-refractivity contribution in [2.24, 2.45) is 5.92 Å². The molecular formula is C16H32N2O. The Hall–Kier alpha value is -0.120. The minimum atomic E-state index is -0.359. The van der Waals surface area contributed by atoms with E-state index in [-0.39, 0.29) is 5.60 Å². The van der Waals surface area contributed by atoms with E-state index in [2.05, 4.69) is 30.7 Å². The van der Waals surface area contributed by atoms with Crippen molar-refractivity contribution in [1.29, 1.82) is 0 Å². The molecule has 1 N–H and O–H groups in total. The topological polar surface area (TPSA) is 26.7 Å². The molecule has 0 unspecified atom stereocenters. The van der Waals surface area contributed by atoms with Crippen LogP contribution in [0.25, 0.3) is 0 Å². The second-order valence-electron chi connectivity index (χ2n) is 7.14. The second kappa shape index (κ2) is 6.55. The van der Waals surface area contributed by atoms with Crippen LogP contribution in [0.15, 0.2) is 0 Å². The van der Waals surface area contributed by atoms with Crippen molar-refractivity contribution in [2.45, 2.75) is 64.0 Å². The van der Waals surface area contributed by atoms with E-state index in [1.165, 1.54) is 32.4 Å². The summed E-state index contributed by atoms with van der Waals surface area (Å²) in [5.41, 5.74) is -0.359. The summed E-state index contributed by atoms with van der Waals surface area (Å²) in [5, 5.41) is 10.6. The lowest BCUT2D eigenvalue weighted by atomic mass is 9.82. The highest BCUT2D eigenvalue weighted by atomic mass is 16.3. The molecule has 2 aliphatic rings. The van der Waals surface area contributed by atoms with E-state index in [4.69, 9.17) is 0 Å². The molecule has 0 aromatic carbocycles. The van der Waals surface area contributed by atoms with Crippen molar-refractivity contribution in [1.82, 2.24) is 9.80 Å². The molecule has 0 aliphatic carbocycles. The van der Waals surface area contributed by atoms with Gasteiger partial charge < -0.3 is 14.9 Å². The Morgan fingerprint density at radius 3 is 2.21 bits per heavy atom. The van der Waals surface area contributed by atoms with Crippen LogP contribution in [0.3, 0.4) is 0 Å². The molecule has 0 amide bonds. The van der Waals surface area contributed by atoms with E-state index in [1.54, 1.807) is 0 Å². The summed E-state index contributed by atoms with van der Waals surface area (Å²) < 4.78 is 0. The van der Waals surface area contributed by atoms with Crippen LogP contribution in [0.5, 0.6) is 0 Å². The van der Waals surface area contributed by atoms with Crippen molar-refractivity contribution in [2.75, 3.05) is 33.2 Å². The van der Waals surface area contributed by atoms with Gasteiger partial charge in [-0.05, 0) is 78.4 Å². The van der Waals surface area contributed by atoms with E-state index in [0.717, 1.165) is 38.3 Å². The van der Waals surface area contributed by atoms with Crippen LogP contribution in [0.4, 0.5) is 0 Å². The van der Waals surface area contributed by atoms with Gasteiger partial charge in [0.15, 0.2) is 0 Å². The van der Waals surface area contributed by atoms with Gasteiger partial charge in [0.2, 0.25) is 0 Å². The predicted molar refractivity (Wildman–Crippen MR) is 80.3 cm³/mol. The Morgan fingerprint density at radius 2 is 1.68 bits per heavy atom. The van der Waals surface area contributed by atoms with Gasteiger partial charge in [0.25, 0.3) is 0 Å². The fraction of sp³-hybridized carbons (Fsp3) is 1.00. The minimum absolute atomic E-state index is 0.359. The van der Waals surface area contributed by atoms with Gasteiger partial charge in [0.05, 0.1) is 5.60 Å². The van der Waals surface area contributed by atoms with Crippen molar-refractivity contribution in [3.63, 3.8) is 0 Å². The zero-order valence-electron chi connectivity index (χ0n) is 13.1. The van der Waals surface area contributed by atoms with Crippen LogP contribution in [0.1, 0.15) is 52.4 Å². The Kier molecular flexibility index (Phi) is 5.27. The number of rotatable bonds is 4. The van der Waals surface area contributed by atoms with Crippen molar-refractivity contribution >= 4 is 0 Å². The average Bonchev–Trinajstić information content (AvgIpc) is 2.41. The zero-order valence-corrected chi connectivity index (χ0v) is 13.1. The quantitative estimate of drug-likeness (QED) is 0.848. The molecule has 0 spiro atoms. The van der Waals surface area contributed by atoms with Crippen molar-refractivity contribution in [3.8, 4) is 0 Å². The molecule has 2 aliphatic heterocycles. The fourth-order valence-electron chi connectivity index (χ4n) is 3.52. The summed E-state index contributed by atoms with van der Waals surface area (Å²) in [6.45, 7) is 9.21. The van der Waals surface area contributed by atoms with E-state index in [1.807, 2.05) is 0 Å². The molecule has 0 radical (unpaired) electrons. The molecule has 3 heteroatoms. The van der Waals surface area contributed by atoms with Gasteiger partial charge in [-0.3, -0.25) is 0 Å². The maximum atomic E-state index is 10.6. The van der Waals surface area contributed by atoms with Crippen LogP contribution >= 0.6 is 0 Å². The number of nitrogens with zero attached hydrogens (tertiary/aromatic N) is 2. The van der Waals surface area contributed by atoms with Crippen molar-refractivity contribution < 1.29 is 5.11 Å². The molecule has 3 nitrogen and oxygen atoms in total. The molecule has 0 atom stereocenters. The third kappa shape index (κ3) is 4.44. The lowest BCUT2D eigenvalue weighted by molar-refractivity contribution is -0.0287. The molecule has 2 heterocycles. The summed E-state index contributed by atoms with van der Waals surface area (Å²) in [6, 6.07) is 0.694. The summed E-state index contributed by atoms with van der Waals surface area (Å²) in [5.74, 6) is 0.846. The third-order valence-corrected chi connectivity index (χ3v) is 5.32. The van der Waals surface area contributed by atoms with Gasteiger partial charge in [-0.2, -0.15) is 0 Å². The van der Waals surface area contributed by atoms with Gasteiger partial charge in [-0.1, -0.05) is 0 Å². The minimum Gasteiger partial charge on any atom is -0.390 e. The van der Waals surface area contributed by atoms with E-state index >= 15 is 0 Å². The Balaban J connectivity index is 1.69. The first-order chi connectivity index (χ1) is 8.98. The van der Waals surface area contributed by atoms with Gasteiger partial charge >= 0.3 is 0 Å². The van der Waals surface area contributed by atoms with Gasteiger partial charge in [0, 0.05) is 19.1 Å². The fourth-order valence-corrected chi connectivity index (χ4v) is 3.52. The standard InChI is InChI=1S/C16H32N2O/c1-14(2)18-10-5-15(6-11-18)4-7-16(19)8-12-17(3)13-9-16/h14-15,19H,4-13H2,1-3H3. The number of hydrogen-bond donors (Lipinski definition) is 1. The third-order valence-electron chi connectivity index (χ3n) is 5.32. The molecule has 0 aromatic heterocycles. The summed E-state index contributed by atoms with van der Waals surface area (Å²) in [7, 11) is 2.15. The van der Waals surface area contributed by atoms with Crippen LogP contribution < -0.4 is 0 Å². The second-order valence-corrected chi connectivity index (χ2v) is 7.14. The first-order valence-electron chi connectivity index (χ1n) is 8.13. The van der Waals surface area contributed by atoms with E-state index in [9.17, 15) is 5.11 Å². The lowest BCUT2D eigenvalue weighted by Gasteiger charge is -2.39. The predicted octanol–water partition coefficient (Wildman–Crippen LogP) is 2.34. The first-order valence-corrected chi connectivity index (χ1v) is 8.13. The largest absolute Gasteiger partial charge is 0.390 e. The van der Waals surface area contributed by atoms with Crippen LogP contribution in [-0.4, -0.2) is 59.8 Å². The maximum absolute atomic E-state index is 10.6. The summed E-state index contributed by atoms with van der Waals surface area (Å²) in [4.78, 5) is 4.91. The number of aliphatic hydroxyl groups is 1.